The summed E-state index contributed by atoms with van der Waals surface area (Å²) in [5.41, 5.74) is 4.20. The Balaban J connectivity index is 1.97. The zero-order valence-electron chi connectivity index (χ0n) is 13.0. The number of hydrogen-bond acceptors (Lipinski definition) is 5. The third-order valence-electron chi connectivity index (χ3n) is 3.77. The van der Waals surface area contributed by atoms with E-state index in [4.69, 9.17) is 4.42 Å². The highest BCUT2D eigenvalue weighted by Crippen LogP contribution is 2.31. The molecule has 0 radical (unpaired) electrons. The molecule has 0 atom stereocenters. The fourth-order valence-electron chi connectivity index (χ4n) is 2.29. The largest absolute Gasteiger partial charge is 0.544 e. The van der Waals surface area contributed by atoms with E-state index in [-0.39, 0.29) is 10.1 Å². The van der Waals surface area contributed by atoms with Crippen LogP contribution in [0.25, 0.3) is 17.2 Å². The van der Waals surface area contributed by atoms with E-state index in [1.807, 2.05) is 49.7 Å². The molecule has 3 aromatic rings. The average Bonchev–Trinajstić information content (AvgIpc) is 3.03. The van der Waals surface area contributed by atoms with Crippen molar-refractivity contribution in [3.8, 4) is 0 Å². The van der Waals surface area contributed by atoms with Crippen molar-refractivity contribution >= 4 is 34.9 Å². The molecule has 0 saturated carbocycles. The molecule has 1 aromatic carbocycles. The molecule has 0 saturated heterocycles. The molecule has 0 N–H and O–H groups in total. The Morgan fingerprint density at radius 3 is 2.70 bits per heavy atom. The molecule has 0 amide bonds. The lowest BCUT2D eigenvalue weighted by molar-refractivity contribution is -0.298. The van der Waals surface area contributed by atoms with E-state index in [0.29, 0.717) is 11.1 Å². The topological polar surface area (TPSA) is 71.1 Å². The van der Waals surface area contributed by atoms with Gasteiger partial charge in [-0.1, -0.05) is 12.1 Å². The maximum Gasteiger partial charge on any atom is 0.261 e. The van der Waals surface area contributed by atoms with Crippen LogP contribution in [0.5, 0.6) is 0 Å². The van der Waals surface area contributed by atoms with Crippen LogP contribution in [0.4, 0.5) is 0 Å². The third kappa shape index (κ3) is 3.03. The lowest BCUT2D eigenvalue weighted by Gasteiger charge is -2.06. The molecule has 0 aliphatic carbocycles. The van der Waals surface area contributed by atoms with Crippen LogP contribution < -0.4 is 5.11 Å². The van der Waals surface area contributed by atoms with Crippen LogP contribution in [0.15, 0.2) is 44.9 Å². The van der Waals surface area contributed by atoms with Crippen molar-refractivity contribution in [2.75, 3.05) is 0 Å². The van der Waals surface area contributed by atoms with E-state index in [9.17, 15) is 9.90 Å². The summed E-state index contributed by atoms with van der Waals surface area (Å²) in [6.45, 7) is 3.91. The summed E-state index contributed by atoms with van der Waals surface area (Å²) in [7, 11) is 1.94. The maximum atomic E-state index is 11.4. The molecule has 6 heteroatoms. The molecule has 0 aliphatic rings. The summed E-state index contributed by atoms with van der Waals surface area (Å²) in [5, 5.41) is 11.7. The monoisotopic (exact) mass is 327 g/mol. The number of aliphatic carboxylic acids is 1. The molecule has 5 nitrogen and oxygen atoms in total. The van der Waals surface area contributed by atoms with Gasteiger partial charge < -0.3 is 18.9 Å². The molecule has 2 heterocycles. The molecule has 3 rings (SSSR count). The predicted octanol–water partition coefficient (Wildman–Crippen LogP) is 2.67. The lowest BCUT2D eigenvalue weighted by atomic mass is 10.2. The fraction of sp³-hybridized carbons (Fsp3) is 0.176. The van der Waals surface area contributed by atoms with Gasteiger partial charge in [0, 0.05) is 23.3 Å². The van der Waals surface area contributed by atoms with Crippen molar-refractivity contribution in [2.45, 2.75) is 19.1 Å². The van der Waals surface area contributed by atoms with Crippen LogP contribution in [-0.2, 0) is 11.8 Å². The molecule has 0 unspecified atom stereocenters. The van der Waals surface area contributed by atoms with Crippen LogP contribution in [0.3, 0.4) is 0 Å². The van der Waals surface area contributed by atoms with Gasteiger partial charge in [-0.3, -0.25) is 0 Å². The van der Waals surface area contributed by atoms with E-state index in [0.717, 1.165) is 28.7 Å². The number of hydrogen-bond donors (Lipinski definition) is 0. The Hall–Kier alpha value is -2.47. The van der Waals surface area contributed by atoms with Crippen LogP contribution in [0.1, 0.15) is 17.0 Å². The molecule has 0 aliphatic heterocycles. The molecule has 0 fully saturated rings. The molecule has 0 bridgehead atoms. The number of thioether (sulfide) groups is 1. The predicted molar refractivity (Wildman–Crippen MR) is 87.7 cm³/mol. The highest BCUT2D eigenvalue weighted by Gasteiger charge is 2.12. The second-order valence-electron chi connectivity index (χ2n) is 5.23. The van der Waals surface area contributed by atoms with Crippen LogP contribution in [0.2, 0.25) is 0 Å². The van der Waals surface area contributed by atoms with Gasteiger partial charge in [-0.15, -0.1) is 0 Å². The molecule has 118 valence electrons. The Kier molecular flexibility index (Phi) is 4.00. The van der Waals surface area contributed by atoms with Crippen molar-refractivity contribution in [1.82, 2.24) is 9.55 Å². The number of carboxylic acid groups (broad SMARTS) is 1. The van der Waals surface area contributed by atoms with Crippen molar-refractivity contribution in [1.29, 1.82) is 0 Å². The van der Waals surface area contributed by atoms with Gasteiger partial charge in [0.15, 0.2) is 5.58 Å². The minimum atomic E-state index is -1.25. The maximum absolute atomic E-state index is 11.4. The SMILES string of the molecule is Cc1cc(/C=C(/Sc2nc3ccccc3o2)C(=O)[O-])c(C)n1C. The number of aryl methyl sites for hydroxylation is 1. The van der Waals surface area contributed by atoms with E-state index < -0.39 is 5.97 Å². The number of para-hydroxylation sites is 2. The van der Waals surface area contributed by atoms with Gasteiger partial charge in [0.05, 0.1) is 5.97 Å². The van der Waals surface area contributed by atoms with Crippen molar-refractivity contribution in [2.24, 2.45) is 7.05 Å². The summed E-state index contributed by atoms with van der Waals surface area (Å²) >= 11 is 0.953. The van der Waals surface area contributed by atoms with Gasteiger partial charge in [-0.2, -0.15) is 0 Å². The number of carboxylic acids is 1. The minimum absolute atomic E-state index is 0.0604. The number of aromatic nitrogens is 2. The molecule has 2 aromatic heterocycles. The standard InChI is InChI=1S/C17H16N2O3S/c1-10-8-12(11(2)19(10)3)9-15(16(20)21)23-17-18-13-6-4-5-7-14(13)22-17/h4-9H,1-3H3,(H,20,21)/p-1/b15-9+. The second kappa shape index (κ2) is 5.96. The highest BCUT2D eigenvalue weighted by atomic mass is 32.2. The van der Waals surface area contributed by atoms with E-state index >= 15 is 0 Å². The summed E-state index contributed by atoms with van der Waals surface area (Å²) in [5.74, 6) is -1.25. The quantitative estimate of drug-likeness (QED) is 0.544. The first-order valence-electron chi connectivity index (χ1n) is 7.05. The lowest BCUT2D eigenvalue weighted by Crippen LogP contribution is -2.23. The van der Waals surface area contributed by atoms with Gasteiger partial charge in [-0.25, -0.2) is 4.98 Å². The summed E-state index contributed by atoms with van der Waals surface area (Å²) in [6, 6.07) is 9.23. The normalized spacial score (nSPS) is 12.0. The smallest absolute Gasteiger partial charge is 0.261 e. The average molecular weight is 327 g/mol. The first-order valence-corrected chi connectivity index (χ1v) is 7.86. The van der Waals surface area contributed by atoms with Gasteiger partial charge in [0.2, 0.25) is 0 Å². The van der Waals surface area contributed by atoms with Gasteiger partial charge in [-0.05, 0) is 55.4 Å². The first-order chi connectivity index (χ1) is 11.0. The Labute approximate surface area is 137 Å². The molecule has 23 heavy (non-hydrogen) atoms. The third-order valence-corrected chi connectivity index (χ3v) is 4.63. The van der Waals surface area contributed by atoms with E-state index in [2.05, 4.69) is 4.98 Å². The number of rotatable bonds is 4. The number of benzene rings is 1. The van der Waals surface area contributed by atoms with Crippen LogP contribution in [-0.4, -0.2) is 15.5 Å². The second-order valence-corrected chi connectivity index (χ2v) is 6.22. The molecular weight excluding hydrogens is 312 g/mol. The van der Waals surface area contributed by atoms with Crippen LogP contribution >= 0.6 is 11.8 Å². The molecular formula is C17H15N2O3S-. The number of nitrogens with zero attached hydrogens (tertiary/aromatic N) is 2. The Bertz CT molecular complexity index is 888. The zero-order valence-corrected chi connectivity index (χ0v) is 13.8. The van der Waals surface area contributed by atoms with Gasteiger partial charge >= 0.3 is 0 Å². The fourth-order valence-corrected chi connectivity index (χ4v) is 3.02. The summed E-state index contributed by atoms with van der Waals surface area (Å²) in [4.78, 5) is 15.8. The highest BCUT2D eigenvalue weighted by molar-refractivity contribution is 8.03. The number of oxazole rings is 1. The first kappa shape index (κ1) is 15.4. The Morgan fingerprint density at radius 1 is 1.35 bits per heavy atom. The zero-order chi connectivity index (χ0) is 16.6. The van der Waals surface area contributed by atoms with Crippen molar-refractivity contribution in [3.63, 3.8) is 0 Å². The number of carbonyl (C=O) groups excluding carboxylic acids is 1. The van der Waals surface area contributed by atoms with Crippen LogP contribution in [0, 0.1) is 13.8 Å². The van der Waals surface area contributed by atoms with Crippen molar-refractivity contribution < 1.29 is 14.3 Å². The molecule has 0 spiro atoms. The number of fused-ring (bicyclic) bond motifs is 1. The Morgan fingerprint density at radius 2 is 2.09 bits per heavy atom. The minimum Gasteiger partial charge on any atom is -0.544 e. The van der Waals surface area contributed by atoms with Gasteiger partial charge in [0.1, 0.15) is 5.52 Å². The summed E-state index contributed by atoms with van der Waals surface area (Å²) in [6.07, 6.45) is 1.59. The number of carbonyl (C=O) groups is 1. The summed E-state index contributed by atoms with van der Waals surface area (Å²) < 4.78 is 7.56. The van der Waals surface area contributed by atoms with E-state index in [1.54, 1.807) is 12.1 Å². The van der Waals surface area contributed by atoms with Gasteiger partial charge in [0.25, 0.3) is 5.22 Å². The van der Waals surface area contributed by atoms with E-state index in [1.165, 1.54) is 0 Å². The van der Waals surface area contributed by atoms with Crippen molar-refractivity contribution in [3.05, 3.63) is 52.2 Å².